The predicted octanol–water partition coefficient (Wildman–Crippen LogP) is 4.25. The van der Waals surface area contributed by atoms with Gasteiger partial charge in [0.15, 0.2) is 0 Å². The van der Waals surface area contributed by atoms with E-state index in [4.69, 9.17) is 4.42 Å². The molecular formula is C22H32N2O2. The van der Waals surface area contributed by atoms with Crippen LogP contribution in [0.4, 0.5) is 0 Å². The fraction of sp³-hybridized carbons (Fsp3) is 0.545. The number of benzene rings is 1. The van der Waals surface area contributed by atoms with Crippen molar-refractivity contribution in [1.29, 1.82) is 0 Å². The zero-order chi connectivity index (χ0) is 18.7. The largest absolute Gasteiger partial charge is 0.507 e. The zero-order valence-corrected chi connectivity index (χ0v) is 16.6. The highest BCUT2D eigenvalue weighted by atomic mass is 16.3. The Balaban J connectivity index is 1.45. The Bertz CT molecular complexity index is 706. The Labute approximate surface area is 157 Å². The summed E-state index contributed by atoms with van der Waals surface area (Å²) in [7, 11) is 2.20. The molecule has 1 aromatic heterocycles. The summed E-state index contributed by atoms with van der Waals surface area (Å²) in [5.41, 5.74) is 3.22. The summed E-state index contributed by atoms with van der Waals surface area (Å²) >= 11 is 0. The van der Waals surface area contributed by atoms with Crippen molar-refractivity contribution in [2.24, 2.45) is 5.92 Å². The molecule has 0 bridgehead atoms. The van der Waals surface area contributed by atoms with Gasteiger partial charge in [0.25, 0.3) is 0 Å². The van der Waals surface area contributed by atoms with Gasteiger partial charge in [-0.05, 0) is 88.5 Å². The fourth-order valence-corrected chi connectivity index (χ4v) is 4.07. The van der Waals surface area contributed by atoms with Crippen molar-refractivity contribution in [1.82, 2.24) is 9.80 Å². The minimum absolute atomic E-state index is 0.426. The Morgan fingerprint density at radius 3 is 2.35 bits per heavy atom. The van der Waals surface area contributed by atoms with E-state index in [2.05, 4.69) is 35.0 Å². The van der Waals surface area contributed by atoms with E-state index in [1.807, 2.05) is 26.8 Å². The molecule has 2 heterocycles. The first-order valence-electron chi connectivity index (χ1n) is 9.66. The molecule has 1 saturated heterocycles. The van der Waals surface area contributed by atoms with Gasteiger partial charge in [0.2, 0.25) is 0 Å². The molecule has 3 rings (SSSR count). The van der Waals surface area contributed by atoms with Gasteiger partial charge >= 0.3 is 0 Å². The molecule has 0 saturated carbocycles. The Kier molecular flexibility index (Phi) is 6.05. The van der Waals surface area contributed by atoms with E-state index in [-0.39, 0.29) is 0 Å². The lowest BCUT2D eigenvalue weighted by molar-refractivity contribution is 0.140. The number of furan rings is 1. The van der Waals surface area contributed by atoms with Crippen molar-refractivity contribution in [3.8, 4) is 5.75 Å². The highest BCUT2D eigenvalue weighted by Gasteiger charge is 2.21. The lowest BCUT2D eigenvalue weighted by Gasteiger charge is -2.33. The van der Waals surface area contributed by atoms with Crippen LogP contribution in [0.2, 0.25) is 0 Å². The number of aromatic hydroxyl groups is 1. The highest BCUT2D eigenvalue weighted by Crippen LogP contribution is 2.25. The number of hydrogen-bond acceptors (Lipinski definition) is 4. The van der Waals surface area contributed by atoms with Gasteiger partial charge in [-0.1, -0.05) is 12.1 Å². The third-order valence-electron chi connectivity index (χ3n) is 5.46. The number of piperidine rings is 1. The predicted molar refractivity (Wildman–Crippen MR) is 105 cm³/mol. The first-order valence-corrected chi connectivity index (χ1v) is 9.66. The monoisotopic (exact) mass is 356 g/mol. The maximum atomic E-state index is 9.93. The number of aryl methyl sites for hydroxylation is 3. The van der Waals surface area contributed by atoms with Crippen molar-refractivity contribution in [2.45, 2.75) is 46.7 Å². The molecule has 0 aliphatic carbocycles. The SMILES string of the molecule is Cc1ccc(CN2CCC(CN(C)Cc3cc(C)c(O)c(C)c3)CC2)o1. The molecule has 1 aliphatic rings. The van der Waals surface area contributed by atoms with Crippen LogP contribution in [0.5, 0.6) is 5.75 Å². The summed E-state index contributed by atoms with van der Waals surface area (Å²) in [5, 5.41) is 9.93. The quantitative estimate of drug-likeness (QED) is 0.840. The van der Waals surface area contributed by atoms with E-state index in [1.165, 1.54) is 18.4 Å². The van der Waals surface area contributed by atoms with E-state index in [9.17, 15) is 5.11 Å². The number of nitrogens with zero attached hydrogens (tertiary/aromatic N) is 2. The van der Waals surface area contributed by atoms with E-state index >= 15 is 0 Å². The number of phenols is 1. The van der Waals surface area contributed by atoms with Crippen molar-refractivity contribution >= 4 is 0 Å². The van der Waals surface area contributed by atoms with E-state index in [0.717, 1.165) is 61.3 Å². The van der Waals surface area contributed by atoms with Gasteiger partial charge in [0.05, 0.1) is 6.54 Å². The van der Waals surface area contributed by atoms with Gasteiger partial charge in [-0.15, -0.1) is 0 Å². The summed E-state index contributed by atoms with van der Waals surface area (Å²) < 4.78 is 5.70. The van der Waals surface area contributed by atoms with Gasteiger partial charge in [0.1, 0.15) is 17.3 Å². The second kappa shape index (κ2) is 8.28. The fourth-order valence-electron chi connectivity index (χ4n) is 4.07. The van der Waals surface area contributed by atoms with Gasteiger partial charge < -0.3 is 14.4 Å². The van der Waals surface area contributed by atoms with Crippen molar-refractivity contribution in [3.05, 3.63) is 52.5 Å². The summed E-state index contributed by atoms with van der Waals surface area (Å²) in [4.78, 5) is 4.92. The topological polar surface area (TPSA) is 39.9 Å². The molecule has 26 heavy (non-hydrogen) atoms. The Morgan fingerprint density at radius 2 is 1.77 bits per heavy atom. The molecule has 4 heteroatoms. The normalized spacial score (nSPS) is 16.5. The Hall–Kier alpha value is -1.78. The standard InChI is InChI=1S/C22H32N2O2/c1-16-11-20(12-17(2)22(16)25)14-23(4)13-19-7-9-24(10-8-19)15-21-6-5-18(3)26-21/h5-6,11-12,19,25H,7-10,13-15H2,1-4H3. The molecular weight excluding hydrogens is 324 g/mol. The Morgan fingerprint density at radius 1 is 1.12 bits per heavy atom. The average Bonchev–Trinajstić information content (AvgIpc) is 2.99. The molecule has 0 amide bonds. The van der Waals surface area contributed by atoms with Gasteiger partial charge in [-0.3, -0.25) is 4.90 Å². The molecule has 1 aliphatic heterocycles. The number of likely N-dealkylation sites (tertiary alicyclic amines) is 1. The molecule has 1 fully saturated rings. The van der Waals surface area contributed by atoms with E-state index < -0.39 is 0 Å². The van der Waals surface area contributed by atoms with Crippen molar-refractivity contribution in [2.75, 3.05) is 26.7 Å². The van der Waals surface area contributed by atoms with E-state index in [1.54, 1.807) is 0 Å². The molecule has 142 valence electrons. The van der Waals surface area contributed by atoms with Crippen LogP contribution in [-0.4, -0.2) is 41.6 Å². The molecule has 0 atom stereocenters. The first-order chi connectivity index (χ1) is 12.4. The summed E-state index contributed by atoms with van der Waals surface area (Å²) in [6, 6.07) is 8.35. The molecule has 0 radical (unpaired) electrons. The minimum Gasteiger partial charge on any atom is -0.507 e. The summed E-state index contributed by atoms with van der Waals surface area (Å²) in [6.07, 6.45) is 2.50. The minimum atomic E-state index is 0.426. The van der Waals surface area contributed by atoms with Crippen molar-refractivity contribution < 1.29 is 9.52 Å². The lowest BCUT2D eigenvalue weighted by atomic mass is 9.96. The van der Waals surface area contributed by atoms with Crippen LogP contribution < -0.4 is 0 Å². The maximum absolute atomic E-state index is 9.93. The first kappa shape index (κ1) is 19.0. The van der Waals surface area contributed by atoms with Gasteiger partial charge in [0, 0.05) is 13.1 Å². The van der Waals surface area contributed by atoms with Crippen LogP contribution in [0.1, 0.15) is 41.1 Å². The molecule has 0 spiro atoms. The molecule has 1 aromatic carbocycles. The molecule has 4 nitrogen and oxygen atoms in total. The zero-order valence-electron chi connectivity index (χ0n) is 16.6. The third-order valence-corrected chi connectivity index (χ3v) is 5.46. The summed E-state index contributed by atoms with van der Waals surface area (Å²) in [5.74, 6) is 3.26. The lowest BCUT2D eigenvalue weighted by Crippen LogP contribution is -2.37. The maximum Gasteiger partial charge on any atom is 0.121 e. The number of rotatable bonds is 6. The second-order valence-corrected chi connectivity index (χ2v) is 8.01. The highest BCUT2D eigenvalue weighted by molar-refractivity contribution is 5.42. The third kappa shape index (κ3) is 4.89. The van der Waals surface area contributed by atoms with Crippen LogP contribution in [0.15, 0.2) is 28.7 Å². The molecule has 1 N–H and O–H groups in total. The molecule has 0 unspecified atom stereocenters. The van der Waals surface area contributed by atoms with Gasteiger partial charge in [-0.25, -0.2) is 0 Å². The van der Waals surface area contributed by atoms with Crippen LogP contribution in [-0.2, 0) is 13.1 Å². The second-order valence-electron chi connectivity index (χ2n) is 8.01. The van der Waals surface area contributed by atoms with Crippen LogP contribution in [0, 0.1) is 26.7 Å². The number of hydrogen-bond donors (Lipinski definition) is 1. The van der Waals surface area contributed by atoms with Crippen LogP contribution in [0.25, 0.3) is 0 Å². The van der Waals surface area contributed by atoms with E-state index in [0.29, 0.717) is 5.75 Å². The number of phenolic OH excluding ortho intramolecular Hbond substituents is 1. The molecule has 2 aromatic rings. The van der Waals surface area contributed by atoms with Crippen LogP contribution >= 0.6 is 0 Å². The van der Waals surface area contributed by atoms with Gasteiger partial charge in [-0.2, -0.15) is 0 Å². The van der Waals surface area contributed by atoms with Crippen molar-refractivity contribution in [3.63, 3.8) is 0 Å². The smallest absolute Gasteiger partial charge is 0.121 e. The average molecular weight is 357 g/mol. The van der Waals surface area contributed by atoms with Crippen LogP contribution in [0.3, 0.4) is 0 Å². The summed E-state index contributed by atoms with van der Waals surface area (Å²) in [6.45, 7) is 11.3.